The largest absolute Gasteiger partial charge is 0.453 e. The lowest BCUT2D eigenvalue weighted by molar-refractivity contribution is -0.155. The lowest BCUT2D eigenvalue weighted by Gasteiger charge is -2.24. The molecule has 0 radical (unpaired) electrons. The first-order chi connectivity index (χ1) is 10.7. The lowest BCUT2D eigenvalue weighted by atomic mass is 10.1. The normalized spacial score (nSPS) is 13.8. The number of esters is 2. The van der Waals surface area contributed by atoms with Gasteiger partial charge in [-0.3, -0.25) is 4.79 Å². The first kappa shape index (κ1) is 19.4. The Morgan fingerprint density at radius 2 is 1.78 bits per heavy atom. The van der Waals surface area contributed by atoms with Crippen LogP contribution in [0.2, 0.25) is 0 Å². The van der Waals surface area contributed by atoms with E-state index >= 15 is 0 Å². The van der Waals surface area contributed by atoms with Crippen molar-refractivity contribution in [1.82, 2.24) is 0 Å². The molecule has 2 atom stereocenters. The van der Waals surface area contributed by atoms with Crippen LogP contribution in [0.3, 0.4) is 0 Å². The Morgan fingerprint density at radius 3 is 2.26 bits per heavy atom. The molecule has 1 aromatic carbocycles. The van der Waals surface area contributed by atoms with Gasteiger partial charge in [0.15, 0.2) is 18.2 Å². The fourth-order valence-electron chi connectivity index (χ4n) is 1.88. The van der Waals surface area contributed by atoms with Crippen molar-refractivity contribution in [2.75, 3.05) is 13.3 Å². The third kappa shape index (κ3) is 5.20. The fourth-order valence-corrected chi connectivity index (χ4v) is 2.66. The van der Waals surface area contributed by atoms with E-state index in [1.807, 2.05) is 13.6 Å². The molecule has 0 aromatic heterocycles. The highest BCUT2D eigenvalue weighted by molar-refractivity contribution is 7.40. The first-order valence-corrected chi connectivity index (χ1v) is 8.45. The van der Waals surface area contributed by atoms with Gasteiger partial charge in [0.2, 0.25) is 5.75 Å². The second kappa shape index (κ2) is 8.29. The average molecular weight is 350 g/mol. The van der Waals surface area contributed by atoms with Gasteiger partial charge in [0.25, 0.3) is 0 Å². The van der Waals surface area contributed by atoms with Crippen LogP contribution in [-0.2, 0) is 14.3 Å². The summed E-state index contributed by atoms with van der Waals surface area (Å²) in [5.74, 6) is -6.59. The van der Waals surface area contributed by atoms with Crippen molar-refractivity contribution in [3.63, 3.8) is 0 Å². The molecule has 0 aliphatic heterocycles. The molecule has 0 saturated carbocycles. The molecule has 1 aromatic rings. The molecular weight excluding hydrogens is 332 g/mol. The van der Waals surface area contributed by atoms with Gasteiger partial charge in [-0.05, 0) is 20.0 Å². The molecule has 0 heterocycles. The Kier molecular flexibility index (Phi) is 7.01. The quantitative estimate of drug-likeness (QED) is 0.430. The molecule has 0 N–H and O–H groups in total. The van der Waals surface area contributed by atoms with Crippen molar-refractivity contribution in [3.05, 3.63) is 29.6 Å². The summed E-state index contributed by atoms with van der Waals surface area (Å²) < 4.78 is 48.8. The minimum atomic E-state index is -1.35. The zero-order chi connectivity index (χ0) is 17.6. The number of carbonyl (C=O) groups excluding carboxylic acids is 2. The number of ether oxygens (including phenoxy) is 2. The summed E-state index contributed by atoms with van der Waals surface area (Å²) in [4.78, 5) is 23.6. The van der Waals surface area contributed by atoms with Gasteiger partial charge in [0.05, 0.1) is 5.16 Å². The van der Waals surface area contributed by atoms with Gasteiger partial charge in [-0.15, -0.1) is 8.58 Å². The average Bonchev–Trinajstić information content (AvgIpc) is 2.48. The number of hydrogen-bond donors (Lipinski definition) is 0. The van der Waals surface area contributed by atoms with Gasteiger partial charge in [-0.1, -0.05) is 13.3 Å². The minimum absolute atomic E-state index is 0.272. The van der Waals surface area contributed by atoms with Crippen LogP contribution in [0.1, 0.15) is 26.7 Å². The van der Waals surface area contributed by atoms with Gasteiger partial charge in [0.1, 0.15) is 5.82 Å². The molecule has 0 bridgehead atoms. The fraction of sp³-hybridized carbons (Fsp3) is 0.467. The Balaban J connectivity index is 2.67. The molecule has 2 unspecified atom stereocenters. The smallest absolute Gasteiger partial charge is 0.349 e. The maximum absolute atomic E-state index is 13.4. The van der Waals surface area contributed by atoms with Crippen LogP contribution < -0.4 is 4.74 Å². The Morgan fingerprint density at radius 1 is 1.22 bits per heavy atom. The van der Waals surface area contributed by atoms with Crippen molar-refractivity contribution >= 4 is 20.5 Å². The summed E-state index contributed by atoms with van der Waals surface area (Å²) in [7, 11) is 0.272. The summed E-state index contributed by atoms with van der Waals surface area (Å²) in [6.45, 7) is 4.71. The Hall–Kier alpha value is -1.62. The van der Waals surface area contributed by atoms with Gasteiger partial charge < -0.3 is 9.47 Å². The molecule has 0 spiro atoms. The first-order valence-electron chi connectivity index (χ1n) is 6.95. The number of carbonyl (C=O) groups is 2. The van der Waals surface area contributed by atoms with E-state index in [9.17, 15) is 22.8 Å². The Bertz CT molecular complexity index is 571. The van der Waals surface area contributed by atoms with Gasteiger partial charge in [0, 0.05) is 12.1 Å². The van der Waals surface area contributed by atoms with E-state index in [1.165, 1.54) is 0 Å². The van der Waals surface area contributed by atoms with Crippen molar-refractivity contribution in [1.29, 1.82) is 0 Å². The molecule has 23 heavy (non-hydrogen) atoms. The maximum Gasteiger partial charge on any atom is 0.349 e. The van der Waals surface area contributed by atoms with Crippen molar-refractivity contribution in [2.45, 2.75) is 31.8 Å². The lowest BCUT2D eigenvalue weighted by Crippen LogP contribution is -2.34. The summed E-state index contributed by atoms with van der Waals surface area (Å²) in [5, 5.41) is -0.707. The molecule has 0 aliphatic rings. The van der Waals surface area contributed by atoms with Crippen LogP contribution in [-0.4, -0.2) is 30.4 Å². The molecule has 8 heteroatoms. The maximum atomic E-state index is 13.4. The number of halogens is 3. The molecule has 0 aliphatic carbocycles. The van der Waals surface area contributed by atoms with Crippen LogP contribution in [0.4, 0.5) is 13.2 Å². The highest BCUT2D eigenvalue weighted by Gasteiger charge is 2.32. The molecule has 0 saturated heterocycles. The minimum Gasteiger partial charge on any atom is -0.453 e. The monoisotopic (exact) mass is 350 g/mol. The SMILES string of the molecule is CCCC(C)(PC)C(=O)OCC(=O)Oc1c(F)cc(F)cc1F. The van der Waals surface area contributed by atoms with E-state index in [1.54, 1.807) is 6.92 Å². The molecule has 128 valence electrons. The highest BCUT2D eigenvalue weighted by Crippen LogP contribution is 2.34. The zero-order valence-electron chi connectivity index (χ0n) is 13.0. The third-order valence-electron chi connectivity index (χ3n) is 3.25. The highest BCUT2D eigenvalue weighted by atomic mass is 31.1. The summed E-state index contributed by atoms with van der Waals surface area (Å²) in [6, 6.07) is 0.766. The van der Waals surface area contributed by atoms with Gasteiger partial charge in [-0.25, -0.2) is 18.0 Å². The number of hydrogen-bond acceptors (Lipinski definition) is 4. The van der Waals surface area contributed by atoms with Crippen molar-refractivity contribution in [3.8, 4) is 5.75 Å². The van der Waals surface area contributed by atoms with E-state index in [0.29, 0.717) is 18.6 Å². The van der Waals surface area contributed by atoms with E-state index in [2.05, 4.69) is 4.74 Å². The summed E-state index contributed by atoms with van der Waals surface area (Å²) >= 11 is 0. The second-order valence-corrected chi connectivity index (χ2v) is 6.68. The molecule has 4 nitrogen and oxygen atoms in total. The van der Waals surface area contributed by atoms with Crippen LogP contribution in [0, 0.1) is 17.5 Å². The molecule has 0 fully saturated rings. The van der Waals surface area contributed by atoms with Gasteiger partial charge >= 0.3 is 11.9 Å². The van der Waals surface area contributed by atoms with Crippen LogP contribution in [0.5, 0.6) is 5.75 Å². The predicted molar refractivity (Wildman–Crippen MR) is 80.5 cm³/mol. The molecule has 0 amide bonds. The topological polar surface area (TPSA) is 52.6 Å². The van der Waals surface area contributed by atoms with Gasteiger partial charge in [-0.2, -0.15) is 0 Å². The van der Waals surface area contributed by atoms with E-state index in [4.69, 9.17) is 4.74 Å². The van der Waals surface area contributed by atoms with Crippen LogP contribution >= 0.6 is 8.58 Å². The number of rotatable bonds is 7. The third-order valence-corrected chi connectivity index (χ3v) is 4.81. The van der Waals surface area contributed by atoms with Crippen molar-refractivity contribution in [2.24, 2.45) is 0 Å². The standard InChI is InChI=1S/C15H18F3O4P/c1-4-5-15(2,23-3)14(20)21-8-12(19)22-13-10(17)6-9(16)7-11(13)18/h6-7,23H,4-5,8H2,1-3H3. The Labute approximate surface area is 134 Å². The van der Waals surface area contributed by atoms with Crippen LogP contribution in [0.25, 0.3) is 0 Å². The van der Waals surface area contributed by atoms with E-state index < -0.39 is 46.9 Å². The number of benzene rings is 1. The molecule has 1 rings (SSSR count). The predicted octanol–water partition coefficient (Wildman–Crippen LogP) is 3.42. The van der Waals surface area contributed by atoms with Crippen LogP contribution in [0.15, 0.2) is 12.1 Å². The summed E-state index contributed by atoms with van der Waals surface area (Å²) in [5.41, 5.74) is 0. The molecular formula is C15H18F3O4P. The van der Waals surface area contributed by atoms with Crippen molar-refractivity contribution < 1.29 is 32.2 Å². The zero-order valence-corrected chi connectivity index (χ0v) is 14.0. The van der Waals surface area contributed by atoms with E-state index in [0.717, 1.165) is 6.42 Å². The van der Waals surface area contributed by atoms with E-state index in [-0.39, 0.29) is 8.58 Å². The summed E-state index contributed by atoms with van der Waals surface area (Å²) in [6.07, 6.45) is 1.36. The second-order valence-electron chi connectivity index (χ2n) is 5.08.